The molecule has 1 atom stereocenters. The van der Waals surface area contributed by atoms with Crippen LogP contribution in [0.15, 0.2) is 18.5 Å². The van der Waals surface area contributed by atoms with Crippen LogP contribution in [0, 0.1) is 5.41 Å². The summed E-state index contributed by atoms with van der Waals surface area (Å²) in [6.45, 7) is 5.70. The molecule has 20 heavy (non-hydrogen) atoms. The van der Waals surface area contributed by atoms with Crippen molar-refractivity contribution in [1.82, 2.24) is 10.3 Å². The highest BCUT2D eigenvalue weighted by atomic mass is 16.5. The average Bonchev–Trinajstić information content (AvgIpc) is 2.48. The van der Waals surface area contributed by atoms with Gasteiger partial charge in [-0.25, -0.2) is 0 Å². The third-order valence-corrected chi connectivity index (χ3v) is 4.59. The molecule has 1 unspecified atom stereocenters. The molecule has 0 aliphatic heterocycles. The number of hydrogen-bond acceptors (Lipinski definition) is 3. The van der Waals surface area contributed by atoms with Gasteiger partial charge in [0.1, 0.15) is 5.75 Å². The van der Waals surface area contributed by atoms with Gasteiger partial charge in [-0.05, 0) is 42.9 Å². The summed E-state index contributed by atoms with van der Waals surface area (Å²) in [5, 5.41) is 3.75. The minimum atomic E-state index is 0.335. The van der Waals surface area contributed by atoms with Crippen LogP contribution in [0.2, 0.25) is 0 Å². The first-order chi connectivity index (χ1) is 9.69. The molecule has 0 radical (unpaired) electrons. The zero-order valence-corrected chi connectivity index (χ0v) is 13.1. The van der Waals surface area contributed by atoms with Crippen LogP contribution < -0.4 is 10.1 Å². The summed E-state index contributed by atoms with van der Waals surface area (Å²) in [6.07, 6.45) is 11.6. The van der Waals surface area contributed by atoms with Gasteiger partial charge in [-0.3, -0.25) is 4.98 Å². The fraction of sp³-hybridized carbons (Fsp3) is 0.706. The van der Waals surface area contributed by atoms with E-state index in [-0.39, 0.29) is 0 Å². The van der Waals surface area contributed by atoms with Gasteiger partial charge in [0.25, 0.3) is 0 Å². The van der Waals surface area contributed by atoms with E-state index in [0.29, 0.717) is 11.5 Å². The summed E-state index contributed by atoms with van der Waals surface area (Å²) in [5.74, 6) is 0.852. The molecule has 1 saturated carbocycles. The third kappa shape index (κ3) is 3.51. The number of rotatable bonds is 6. The van der Waals surface area contributed by atoms with E-state index in [2.05, 4.69) is 30.2 Å². The number of methoxy groups -OCH3 is 1. The topological polar surface area (TPSA) is 34.2 Å². The predicted octanol–water partition coefficient (Wildman–Crippen LogP) is 4.10. The molecule has 1 heterocycles. The number of hydrogen-bond donors (Lipinski definition) is 1. The lowest BCUT2D eigenvalue weighted by Gasteiger charge is -2.41. The Morgan fingerprint density at radius 3 is 2.70 bits per heavy atom. The molecule has 1 N–H and O–H groups in total. The van der Waals surface area contributed by atoms with Crippen molar-refractivity contribution in [2.45, 2.75) is 58.4 Å². The van der Waals surface area contributed by atoms with Crippen molar-refractivity contribution >= 4 is 0 Å². The molecule has 3 heteroatoms. The number of pyridine rings is 1. The van der Waals surface area contributed by atoms with Gasteiger partial charge >= 0.3 is 0 Å². The fourth-order valence-electron chi connectivity index (χ4n) is 3.41. The van der Waals surface area contributed by atoms with E-state index in [0.717, 1.165) is 18.7 Å². The van der Waals surface area contributed by atoms with Crippen molar-refractivity contribution in [3.8, 4) is 5.75 Å². The fourth-order valence-corrected chi connectivity index (χ4v) is 3.41. The Labute approximate surface area is 123 Å². The van der Waals surface area contributed by atoms with Crippen LogP contribution in [0.3, 0.4) is 0 Å². The first kappa shape index (κ1) is 15.3. The van der Waals surface area contributed by atoms with Crippen LogP contribution in [0.5, 0.6) is 5.75 Å². The number of nitrogens with one attached hydrogen (secondary N) is 1. The maximum atomic E-state index is 5.34. The zero-order valence-electron chi connectivity index (χ0n) is 13.1. The molecule has 0 amide bonds. The van der Waals surface area contributed by atoms with E-state index in [1.54, 1.807) is 13.3 Å². The smallest absolute Gasteiger partial charge is 0.137 e. The van der Waals surface area contributed by atoms with Crippen LogP contribution >= 0.6 is 0 Å². The van der Waals surface area contributed by atoms with E-state index in [1.807, 2.05) is 6.20 Å². The Bertz CT molecular complexity index is 413. The highest BCUT2D eigenvalue weighted by molar-refractivity contribution is 5.27. The average molecular weight is 276 g/mol. The quantitative estimate of drug-likeness (QED) is 0.849. The van der Waals surface area contributed by atoms with Crippen LogP contribution in [-0.4, -0.2) is 18.6 Å². The third-order valence-electron chi connectivity index (χ3n) is 4.59. The van der Waals surface area contributed by atoms with Crippen molar-refractivity contribution in [3.63, 3.8) is 0 Å². The van der Waals surface area contributed by atoms with Crippen molar-refractivity contribution < 1.29 is 4.74 Å². The van der Waals surface area contributed by atoms with Gasteiger partial charge < -0.3 is 10.1 Å². The van der Waals surface area contributed by atoms with Crippen molar-refractivity contribution in [1.29, 1.82) is 0 Å². The Morgan fingerprint density at radius 1 is 1.30 bits per heavy atom. The van der Waals surface area contributed by atoms with Crippen LogP contribution in [-0.2, 0) is 0 Å². The molecular weight excluding hydrogens is 248 g/mol. The molecule has 1 fully saturated rings. The van der Waals surface area contributed by atoms with Crippen molar-refractivity contribution in [2.75, 3.05) is 13.7 Å². The van der Waals surface area contributed by atoms with Gasteiger partial charge in [0.2, 0.25) is 0 Å². The molecule has 0 aromatic carbocycles. The molecule has 1 aliphatic carbocycles. The first-order valence-corrected chi connectivity index (χ1v) is 7.92. The Hall–Kier alpha value is -1.09. The second kappa shape index (κ2) is 7.07. The molecule has 1 aromatic heterocycles. The summed E-state index contributed by atoms with van der Waals surface area (Å²) >= 11 is 0. The van der Waals surface area contributed by atoms with Gasteiger partial charge in [0.05, 0.1) is 13.3 Å². The minimum absolute atomic E-state index is 0.335. The molecule has 2 rings (SSSR count). The maximum absolute atomic E-state index is 5.34. The molecule has 0 spiro atoms. The largest absolute Gasteiger partial charge is 0.495 e. The highest BCUT2D eigenvalue weighted by Gasteiger charge is 2.36. The minimum Gasteiger partial charge on any atom is -0.495 e. The number of aromatic nitrogens is 1. The van der Waals surface area contributed by atoms with Gasteiger partial charge in [-0.2, -0.15) is 0 Å². The van der Waals surface area contributed by atoms with Crippen LogP contribution in [0.25, 0.3) is 0 Å². The lowest BCUT2D eigenvalue weighted by Crippen LogP contribution is -2.38. The Balaban J connectivity index is 2.25. The maximum Gasteiger partial charge on any atom is 0.137 e. The molecule has 0 saturated heterocycles. The predicted molar refractivity (Wildman–Crippen MR) is 83.0 cm³/mol. The van der Waals surface area contributed by atoms with Crippen molar-refractivity contribution in [2.24, 2.45) is 5.41 Å². The van der Waals surface area contributed by atoms with Gasteiger partial charge in [-0.1, -0.05) is 33.1 Å². The molecule has 0 bridgehead atoms. The van der Waals surface area contributed by atoms with E-state index < -0.39 is 0 Å². The standard InChI is InChI=1S/C17H28N2O/c1-4-10-19-16(17(2)8-6-5-7-9-17)14-11-15(20-3)13-18-12-14/h11-13,16,19H,4-10H2,1-3H3. The van der Waals surface area contributed by atoms with E-state index in [1.165, 1.54) is 37.7 Å². The van der Waals surface area contributed by atoms with Crippen LogP contribution in [0.1, 0.15) is 64.0 Å². The summed E-state index contributed by atoms with van der Waals surface area (Å²) in [7, 11) is 1.71. The monoisotopic (exact) mass is 276 g/mol. The van der Waals surface area contributed by atoms with Gasteiger partial charge in [0, 0.05) is 12.2 Å². The van der Waals surface area contributed by atoms with E-state index >= 15 is 0 Å². The first-order valence-electron chi connectivity index (χ1n) is 7.92. The molecule has 1 aliphatic rings. The summed E-state index contributed by atoms with van der Waals surface area (Å²) in [5.41, 5.74) is 1.60. The summed E-state index contributed by atoms with van der Waals surface area (Å²) < 4.78 is 5.34. The Morgan fingerprint density at radius 2 is 2.05 bits per heavy atom. The Kier molecular flexibility index (Phi) is 5.41. The molecule has 112 valence electrons. The highest BCUT2D eigenvalue weighted by Crippen LogP contribution is 2.45. The lowest BCUT2D eigenvalue weighted by molar-refractivity contribution is 0.144. The second-order valence-corrected chi connectivity index (χ2v) is 6.26. The lowest BCUT2D eigenvalue weighted by atomic mass is 9.68. The normalized spacial score (nSPS) is 19.6. The summed E-state index contributed by atoms with van der Waals surface area (Å²) in [4.78, 5) is 4.35. The van der Waals surface area contributed by atoms with Gasteiger partial charge in [0.15, 0.2) is 0 Å². The van der Waals surface area contributed by atoms with Gasteiger partial charge in [-0.15, -0.1) is 0 Å². The van der Waals surface area contributed by atoms with E-state index in [4.69, 9.17) is 4.74 Å². The van der Waals surface area contributed by atoms with Crippen molar-refractivity contribution in [3.05, 3.63) is 24.0 Å². The second-order valence-electron chi connectivity index (χ2n) is 6.26. The molecule has 1 aromatic rings. The molecular formula is C17H28N2O. The van der Waals surface area contributed by atoms with E-state index in [9.17, 15) is 0 Å². The number of nitrogens with zero attached hydrogens (tertiary/aromatic N) is 1. The molecule has 3 nitrogen and oxygen atoms in total. The number of ether oxygens (including phenoxy) is 1. The zero-order chi connectivity index (χ0) is 14.4. The SMILES string of the molecule is CCCNC(c1cncc(OC)c1)C1(C)CCCCC1. The summed E-state index contributed by atoms with van der Waals surface area (Å²) in [6, 6.07) is 2.52. The van der Waals surface area contributed by atoms with Crippen LogP contribution in [0.4, 0.5) is 0 Å².